The Morgan fingerprint density at radius 1 is 1.53 bits per heavy atom. The van der Waals surface area contributed by atoms with Crippen molar-refractivity contribution in [3.63, 3.8) is 0 Å². The number of hydrogen-bond acceptors (Lipinski definition) is 3. The number of rotatable bonds is 3. The molecule has 0 saturated carbocycles. The summed E-state index contributed by atoms with van der Waals surface area (Å²) in [7, 11) is 0. The molecule has 1 aromatic rings. The second kappa shape index (κ2) is 4.37. The summed E-state index contributed by atoms with van der Waals surface area (Å²) in [6, 6.07) is 8.02. The van der Waals surface area contributed by atoms with Gasteiger partial charge in [0, 0.05) is 18.8 Å². The van der Waals surface area contributed by atoms with Crippen molar-refractivity contribution in [2.75, 3.05) is 18.0 Å². The van der Waals surface area contributed by atoms with E-state index in [-0.39, 0.29) is 6.42 Å². The third-order valence-corrected chi connectivity index (χ3v) is 3.18. The van der Waals surface area contributed by atoms with Gasteiger partial charge < -0.3 is 15.1 Å². The van der Waals surface area contributed by atoms with Crippen molar-refractivity contribution in [3.05, 3.63) is 29.8 Å². The monoisotopic (exact) mass is 235 g/mol. The van der Waals surface area contributed by atoms with Crippen LogP contribution in [0.5, 0.6) is 0 Å². The van der Waals surface area contributed by atoms with Crippen molar-refractivity contribution in [1.29, 1.82) is 0 Å². The zero-order chi connectivity index (χ0) is 12.5. The first kappa shape index (κ1) is 11.9. The first-order chi connectivity index (χ1) is 7.98. The molecule has 1 aliphatic rings. The molecule has 1 aliphatic heterocycles. The van der Waals surface area contributed by atoms with Crippen LogP contribution in [0.15, 0.2) is 24.3 Å². The van der Waals surface area contributed by atoms with Crippen LogP contribution in [-0.2, 0) is 4.79 Å². The first-order valence-corrected chi connectivity index (χ1v) is 5.74. The third-order valence-electron chi connectivity index (χ3n) is 3.18. The van der Waals surface area contributed by atoms with Gasteiger partial charge in [0.05, 0.1) is 12.0 Å². The summed E-state index contributed by atoms with van der Waals surface area (Å²) in [5.74, 6) is -0.946. The average Bonchev–Trinajstić information content (AvgIpc) is 2.59. The second-order valence-electron chi connectivity index (χ2n) is 4.81. The van der Waals surface area contributed by atoms with E-state index in [0.717, 1.165) is 11.3 Å². The number of carboxylic acids is 1. The van der Waals surface area contributed by atoms with E-state index < -0.39 is 11.6 Å². The van der Waals surface area contributed by atoms with E-state index in [0.29, 0.717) is 19.5 Å². The highest BCUT2D eigenvalue weighted by molar-refractivity contribution is 5.68. The summed E-state index contributed by atoms with van der Waals surface area (Å²) in [6.45, 7) is 3.11. The normalized spacial score (nSPS) is 24.0. The maximum atomic E-state index is 10.7. The lowest BCUT2D eigenvalue weighted by molar-refractivity contribution is -0.141. The summed E-state index contributed by atoms with van der Waals surface area (Å²) in [4.78, 5) is 12.7. The minimum Gasteiger partial charge on any atom is -0.481 e. The Morgan fingerprint density at radius 2 is 2.29 bits per heavy atom. The molecular formula is C13H17NO3. The number of nitrogens with zero attached hydrogens (tertiary/aromatic N) is 1. The van der Waals surface area contributed by atoms with Crippen molar-refractivity contribution in [3.8, 4) is 0 Å². The highest BCUT2D eigenvalue weighted by atomic mass is 16.4. The first-order valence-electron chi connectivity index (χ1n) is 5.74. The number of aliphatic carboxylic acids is 1. The molecule has 0 spiro atoms. The van der Waals surface area contributed by atoms with Gasteiger partial charge in [-0.15, -0.1) is 0 Å². The van der Waals surface area contributed by atoms with Gasteiger partial charge in [0.2, 0.25) is 0 Å². The molecular weight excluding hydrogens is 218 g/mol. The molecule has 2 rings (SSSR count). The molecule has 1 heterocycles. The van der Waals surface area contributed by atoms with Gasteiger partial charge in [-0.2, -0.15) is 0 Å². The lowest BCUT2D eigenvalue weighted by Crippen LogP contribution is -2.35. The molecule has 92 valence electrons. The largest absolute Gasteiger partial charge is 0.481 e. The Kier molecular flexibility index (Phi) is 3.07. The van der Waals surface area contributed by atoms with Crippen molar-refractivity contribution in [2.24, 2.45) is 0 Å². The zero-order valence-electron chi connectivity index (χ0n) is 9.89. The molecule has 0 amide bonds. The predicted molar refractivity (Wildman–Crippen MR) is 65.2 cm³/mol. The number of β-amino-alcohol motifs (C(OH)–C–C–N with tert-alkyl or cyclic N) is 1. The summed E-state index contributed by atoms with van der Waals surface area (Å²) < 4.78 is 0. The highest BCUT2D eigenvalue weighted by Gasteiger charge is 2.38. The Bertz CT molecular complexity index is 432. The molecule has 17 heavy (non-hydrogen) atoms. The van der Waals surface area contributed by atoms with E-state index in [4.69, 9.17) is 5.11 Å². The minimum absolute atomic E-state index is 0.185. The number of hydrogen-bond donors (Lipinski definition) is 2. The minimum atomic E-state index is -1.09. The predicted octanol–water partition coefficient (Wildman–Crippen LogP) is 1.41. The van der Waals surface area contributed by atoms with Gasteiger partial charge in [-0.1, -0.05) is 12.1 Å². The van der Waals surface area contributed by atoms with Crippen molar-refractivity contribution < 1.29 is 15.0 Å². The number of aliphatic hydroxyl groups is 1. The van der Waals surface area contributed by atoms with Crippen LogP contribution in [0.3, 0.4) is 0 Å². The molecule has 2 N–H and O–H groups in total. The fourth-order valence-corrected chi connectivity index (χ4v) is 2.33. The zero-order valence-corrected chi connectivity index (χ0v) is 9.89. The third kappa shape index (κ3) is 2.77. The van der Waals surface area contributed by atoms with Crippen molar-refractivity contribution >= 4 is 11.7 Å². The molecule has 0 aromatic heterocycles. The molecule has 4 heteroatoms. The molecule has 0 aliphatic carbocycles. The van der Waals surface area contributed by atoms with Gasteiger partial charge in [-0.25, -0.2) is 0 Å². The Balaban J connectivity index is 2.09. The fraction of sp³-hybridized carbons (Fsp3) is 0.462. The second-order valence-corrected chi connectivity index (χ2v) is 4.81. The molecule has 0 bridgehead atoms. The Morgan fingerprint density at radius 3 is 2.94 bits per heavy atom. The van der Waals surface area contributed by atoms with Gasteiger partial charge in [-0.3, -0.25) is 4.79 Å². The molecule has 1 aromatic carbocycles. The summed E-state index contributed by atoms with van der Waals surface area (Å²) in [5, 5.41) is 18.9. The van der Waals surface area contributed by atoms with Crippen LogP contribution in [0, 0.1) is 6.92 Å². The summed E-state index contributed by atoms with van der Waals surface area (Å²) in [6.07, 6.45) is 0.322. The lowest BCUT2D eigenvalue weighted by Gasteiger charge is -2.23. The van der Waals surface area contributed by atoms with Crippen LogP contribution in [0.1, 0.15) is 18.4 Å². The van der Waals surface area contributed by atoms with Crippen molar-refractivity contribution in [1.82, 2.24) is 0 Å². The van der Waals surface area contributed by atoms with E-state index in [1.54, 1.807) is 0 Å². The summed E-state index contributed by atoms with van der Waals surface area (Å²) >= 11 is 0. The van der Waals surface area contributed by atoms with Gasteiger partial charge in [0.1, 0.15) is 0 Å². The number of aryl methyl sites for hydroxylation is 1. The SMILES string of the molecule is Cc1cccc(N2CCC(O)(CC(=O)O)C2)c1. The molecule has 1 atom stereocenters. The fourth-order valence-electron chi connectivity index (χ4n) is 2.33. The van der Waals surface area contributed by atoms with Crippen LogP contribution in [-0.4, -0.2) is 34.9 Å². The maximum Gasteiger partial charge on any atom is 0.306 e. The van der Waals surface area contributed by atoms with Gasteiger partial charge in [-0.05, 0) is 31.0 Å². The Labute approximate surface area is 100 Å². The number of anilines is 1. The van der Waals surface area contributed by atoms with Crippen LogP contribution in [0.25, 0.3) is 0 Å². The van der Waals surface area contributed by atoms with Crippen molar-refractivity contribution in [2.45, 2.75) is 25.4 Å². The quantitative estimate of drug-likeness (QED) is 0.831. The van der Waals surface area contributed by atoms with Crippen LogP contribution in [0.4, 0.5) is 5.69 Å². The standard InChI is InChI=1S/C13H17NO3/c1-10-3-2-4-11(7-10)14-6-5-13(17,9-14)8-12(15)16/h2-4,7,17H,5-6,8-9H2,1H3,(H,15,16). The van der Waals surface area contributed by atoms with Gasteiger partial charge >= 0.3 is 5.97 Å². The van der Waals surface area contributed by atoms with E-state index in [2.05, 4.69) is 0 Å². The van der Waals surface area contributed by atoms with Crippen LogP contribution in [0.2, 0.25) is 0 Å². The van der Waals surface area contributed by atoms with Crippen LogP contribution < -0.4 is 4.90 Å². The summed E-state index contributed by atoms with van der Waals surface area (Å²) in [5.41, 5.74) is 1.12. The molecule has 1 saturated heterocycles. The van der Waals surface area contributed by atoms with Crippen LogP contribution >= 0.6 is 0 Å². The maximum absolute atomic E-state index is 10.7. The Hall–Kier alpha value is -1.55. The smallest absolute Gasteiger partial charge is 0.306 e. The van der Waals surface area contributed by atoms with E-state index >= 15 is 0 Å². The molecule has 0 radical (unpaired) electrons. The lowest BCUT2D eigenvalue weighted by atomic mass is 9.99. The number of carbonyl (C=O) groups is 1. The van der Waals surface area contributed by atoms with E-state index in [1.807, 2.05) is 36.1 Å². The molecule has 1 fully saturated rings. The topological polar surface area (TPSA) is 60.8 Å². The average molecular weight is 235 g/mol. The van der Waals surface area contributed by atoms with Gasteiger partial charge in [0.15, 0.2) is 0 Å². The highest BCUT2D eigenvalue weighted by Crippen LogP contribution is 2.29. The van der Waals surface area contributed by atoms with Gasteiger partial charge in [0.25, 0.3) is 0 Å². The molecule has 1 unspecified atom stereocenters. The van der Waals surface area contributed by atoms with E-state index in [1.165, 1.54) is 0 Å². The number of carboxylic acid groups (broad SMARTS) is 1. The van der Waals surface area contributed by atoms with E-state index in [9.17, 15) is 9.90 Å². The molecule has 4 nitrogen and oxygen atoms in total. The number of benzene rings is 1.